The highest BCUT2D eigenvalue weighted by molar-refractivity contribution is 5.76. The maximum Gasteiger partial charge on any atom is 0.107 e. The van der Waals surface area contributed by atoms with Gasteiger partial charge in [0, 0.05) is 26.7 Å². The molecule has 5 rings (SSSR count). The standard InChI is InChI=1S/C24H29N3O/c1-17-25-21-10-6-7-11-22(21)27(17)23-12-19-15-26(14-18-8-4-3-5-9-18)16-20(19)13-24(23)28-2/h3-11,19-20,23-24H,12-16H2,1-2H3/t19-,20+,23-,24-/m0/s1. The lowest BCUT2D eigenvalue weighted by Gasteiger charge is -2.38. The smallest absolute Gasteiger partial charge is 0.107 e. The number of nitrogens with zero attached hydrogens (tertiary/aromatic N) is 3. The summed E-state index contributed by atoms with van der Waals surface area (Å²) >= 11 is 0. The second-order valence-electron chi connectivity index (χ2n) is 8.53. The van der Waals surface area contributed by atoms with Crippen molar-refractivity contribution in [1.82, 2.24) is 14.5 Å². The molecule has 146 valence electrons. The average Bonchev–Trinajstić information content (AvgIpc) is 3.26. The minimum absolute atomic E-state index is 0.259. The molecule has 3 aromatic rings. The first-order valence-corrected chi connectivity index (χ1v) is 10.5. The van der Waals surface area contributed by atoms with Gasteiger partial charge in [-0.05, 0) is 49.3 Å². The molecule has 2 fully saturated rings. The number of imidazole rings is 1. The topological polar surface area (TPSA) is 30.3 Å². The van der Waals surface area contributed by atoms with Gasteiger partial charge in [0.1, 0.15) is 5.82 Å². The Morgan fingerprint density at radius 3 is 2.46 bits per heavy atom. The Labute approximate surface area is 167 Å². The summed E-state index contributed by atoms with van der Waals surface area (Å²) in [4.78, 5) is 7.45. The number of aromatic nitrogens is 2. The van der Waals surface area contributed by atoms with E-state index >= 15 is 0 Å². The molecule has 4 heteroatoms. The number of aryl methyl sites for hydroxylation is 1. The normalized spacial score (nSPS) is 27.9. The van der Waals surface area contributed by atoms with E-state index in [4.69, 9.17) is 9.72 Å². The first kappa shape index (κ1) is 17.9. The van der Waals surface area contributed by atoms with Crippen molar-refractivity contribution in [3.8, 4) is 0 Å². The minimum Gasteiger partial charge on any atom is -0.379 e. The Morgan fingerprint density at radius 2 is 1.68 bits per heavy atom. The Balaban J connectivity index is 1.39. The van der Waals surface area contributed by atoms with Crippen molar-refractivity contribution in [3.05, 3.63) is 66.0 Å². The van der Waals surface area contributed by atoms with E-state index in [-0.39, 0.29) is 6.10 Å². The fourth-order valence-electron chi connectivity index (χ4n) is 5.57. The van der Waals surface area contributed by atoms with Crippen LogP contribution in [0.1, 0.15) is 30.3 Å². The van der Waals surface area contributed by atoms with Gasteiger partial charge >= 0.3 is 0 Å². The van der Waals surface area contributed by atoms with Crippen molar-refractivity contribution >= 4 is 11.0 Å². The molecule has 2 heterocycles. The molecule has 4 atom stereocenters. The molecule has 0 amide bonds. The van der Waals surface area contributed by atoms with Gasteiger partial charge in [0.05, 0.1) is 23.2 Å². The van der Waals surface area contributed by atoms with Crippen LogP contribution in [0.4, 0.5) is 0 Å². The highest BCUT2D eigenvalue weighted by atomic mass is 16.5. The van der Waals surface area contributed by atoms with Crippen molar-refractivity contribution in [3.63, 3.8) is 0 Å². The minimum atomic E-state index is 0.259. The van der Waals surface area contributed by atoms with Crippen LogP contribution in [0.2, 0.25) is 0 Å². The van der Waals surface area contributed by atoms with Gasteiger partial charge in [-0.15, -0.1) is 0 Å². The number of fused-ring (bicyclic) bond motifs is 2. The summed E-state index contributed by atoms with van der Waals surface area (Å²) < 4.78 is 8.47. The molecule has 28 heavy (non-hydrogen) atoms. The maximum atomic E-state index is 6.03. The third-order valence-corrected chi connectivity index (χ3v) is 6.82. The Hall–Kier alpha value is -2.17. The van der Waals surface area contributed by atoms with Gasteiger partial charge in [-0.3, -0.25) is 4.90 Å². The molecule has 1 aliphatic heterocycles. The monoisotopic (exact) mass is 375 g/mol. The van der Waals surface area contributed by atoms with Crippen LogP contribution < -0.4 is 0 Å². The van der Waals surface area contributed by atoms with Crippen molar-refractivity contribution in [2.45, 2.75) is 38.5 Å². The fourth-order valence-corrected chi connectivity index (χ4v) is 5.57. The summed E-state index contributed by atoms with van der Waals surface area (Å²) in [6.45, 7) is 5.58. The molecular formula is C24H29N3O. The van der Waals surface area contributed by atoms with Crippen LogP contribution >= 0.6 is 0 Å². The highest BCUT2D eigenvalue weighted by Crippen LogP contribution is 2.44. The SMILES string of the molecule is CO[C@H]1C[C@@H]2CN(Cc3ccccc3)C[C@@H]2C[C@@H]1n1c(C)nc2ccccc21. The zero-order chi connectivity index (χ0) is 19.1. The molecule has 1 saturated carbocycles. The largest absolute Gasteiger partial charge is 0.379 e. The molecule has 0 spiro atoms. The summed E-state index contributed by atoms with van der Waals surface area (Å²) in [5.41, 5.74) is 3.75. The molecule has 4 nitrogen and oxygen atoms in total. The Bertz CT molecular complexity index is 951. The molecule has 0 N–H and O–H groups in total. The Morgan fingerprint density at radius 1 is 0.964 bits per heavy atom. The van der Waals surface area contributed by atoms with Gasteiger partial charge < -0.3 is 9.30 Å². The summed E-state index contributed by atoms with van der Waals surface area (Å²) in [7, 11) is 1.88. The molecule has 0 unspecified atom stereocenters. The van der Waals surface area contributed by atoms with E-state index in [0.29, 0.717) is 6.04 Å². The first-order valence-electron chi connectivity index (χ1n) is 10.5. The maximum absolute atomic E-state index is 6.03. The van der Waals surface area contributed by atoms with E-state index in [1.54, 1.807) is 0 Å². The van der Waals surface area contributed by atoms with Crippen molar-refractivity contribution in [2.75, 3.05) is 20.2 Å². The van der Waals surface area contributed by atoms with Gasteiger partial charge in [0.2, 0.25) is 0 Å². The van der Waals surface area contributed by atoms with E-state index in [1.807, 2.05) is 7.11 Å². The molecule has 2 aliphatic rings. The number of hydrogen-bond donors (Lipinski definition) is 0. The lowest BCUT2D eigenvalue weighted by molar-refractivity contribution is -0.0000726. The quantitative estimate of drug-likeness (QED) is 0.675. The van der Waals surface area contributed by atoms with Gasteiger partial charge in [0.15, 0.2) is 0 Å². The van der Waals surface area contributed by atoms with Crippen molar-refractivity contribution in [1.29, 1.82) is 0 Å². The molecule has 2 aromatic carbocycles. The number of benzene rings is 2. The fraction of sp³-hybridized carbons (Fsp3) is 0.458. The third kappa shape index (κ3) is 3.15. The van der Waals surface area contributed by atoms with Crippen LogP contribution in [-0.2, 0) is 11.3 Å². The van der Waals surface area contributed by atoms with Gasteiger partial charge in [-0.1, -0.05) is 42.5 Å². The second kappa shape index (κ2) is 7.34. The summed E-state index contributed by atoms with van der Waals surface area (Å²) in [5.74, 6) is 2.58. The van der Waals surface area contributed by atoms with E-state index in [0.717, 1.165) is 36.1 Å². The predicted octanol–water partition coefficient (Wildman–Crippen LogP) is 4.44. The number of hydrogen-bond acceptors (Lipinski definition) is 3. The van der Waals surface area contributed by atoms with Crippen LogP contribution in [0.5, 0.6) is 0 Å². The number of rotatable bonds is 4. The summed E-state index contributed by atoms with van der Waals surface area (Å²) in [5, 5.41) is 0. The summed E-state index contributed by atoms with van der Waals surface area (Å²) in [6, 6.07) is 19.7. The van der Waals surface area contributed by atoms with Gasteiger partial charge in [0.25, 0.3) is 0 Å². The Kier molecular flexibility index (Phi) is 4.69. The molecule has 1 aromatic heterocycles. The van der Waals surface area contributed by atoms with E-state index in [9.17, 15) is 0 Å². The molecular weight excluding hydrogens is 346 g/mol. The van der Waals surface area contributed by atoms with E-state index in [1.165, 1.54) is 30.6 Å². The zero-order valence-electron chi connectivity index (χ0n) is 16.8. The number of ether oxygens (including phenoxy) is 1. The van der Waals surface area contributed by atoms with E-state index in [2.05, 4.69) is 71.0 Å². The first-order chi connectivity index (χ1) is 13.7. The summed E-state index contributed by atoms with van der Waals surface area (Å²) in [6.07, 6.45) is 2.58. The average molecular weight is 376 g/mol. The lowest BCUT2D eigenvalue weighted by atomic mass is 9.77. The molecule has 1 saturated heterocycles. The lowest BCUT2D eigenvalue weighted by Crippen LogP contribution is -2.37. The third-order valence-electron chi connectivity index (χ3n) is 6.82. The van der Waals surface area contributed by atoms with Crippen molar-refractivity contribution in [2.24, 2.45) is 11.8 Å². The van der Waals surface area contributed by atoms with Crippen molar-refractivity contribution < 1.29 is 4.74 Å². The van der Waals surface area contributed by atoms with Crippen LogP contribution in [0, 0.1) is 18.8 Å². The van der Waals surface area contributed by atoms with Gasteiger partial charge in [-0.2, -0.15) is 0 Å². The zero-order valence-corrected chi connectivity index (χ0v) is 16.8. The molecule has 0 radical (unpaired) electrons. The molecule has 1 aliphatic carbocycles. The van der Waals surface area contributed by atoms with Gasteiger partial charge in [-0.25, -0.2) is 4.98 Å². The molecule has 0 bridgehead atoms. The predicted molar refractivity (Wildman–Crippen MR) is 112 cm³/mol. The number of para-hydroxylation sites is 2. The van der Waals surface area contributed by atoms with Crippen LogP contribution in [0.3, 0.4) is 0 Å². The number of likely N-dealkylation sites (tertiary alicyclic amines) is 1. The van der Waals surface area contributed by atoms with Crippen LogP contribution in [-0.4, -0.2) is 40.8 Å². The number of methoxy groups -OCH3 is 1. The highest BCUT2D eigenvalue weighted by Gasteiger charge is 2.43. The van der Waals surface area contributed by atoms with Crippen LogP contribution in [0.15, 0.2) is 54.6 Å². The van der Waals surface area contributed by atoms with Crippen LogP contribution in [0.25, 0.3) is 11.0 Å². The second-order valence-corrected chi connectivity index (χ2v) is 8.53. The van der Waals surface area contributed by atoms with E-state index < -0.39 is 0 Å².